The predicted molar refractivity (Wildman–Crippen MR) is 77.8 cm³/mol. The van der Waals surface area contributed by atoms with E-state index in [1.807, 2.05) is 0 Å². The van der Waals surface area contributed by atoms with E-state index in [2.05, 4.69) is 10.0 Å². The first-order valence-corrected chi connectivity index (χ1v) is 8.20. The first-order chi connectivity index (χ1) is 7.99. The Balaban J connectivity index is 0.00000162. The molecule has 18 heavy (non-hydrogen) atoms. The van der Waals surface area contributed by atoms with Crippen molar-refractivity contribution < 1.29 is 8.42 Å². The molecule has 9 heteroatoms. The lowest BCUT2D eigenvalue weighted by Crippen LogP contribution is -2.30. The minimum atomic E-state index is -3.54. The molecule has 0 saturated carbocycles. The van der Waals surface area contributed by atoms with Crippen molar-refractivity contribution >= 4 is 57.0 Å². The number of thiophene rings is 1. The molecule has 1 unspecified atom stereocenters. The number of sulfonamides is 1. The monoisotopic (exact) mass is 350 g/mol. The zero-order chi connectivity index (χ0) is 12.5. The van der Waals surface area contributed by atoms with Crippen molar-refractivity contribution in [3.63, 3.8) is 0 Å². The Morgan fingerprint density at radius 3 is 2.72 bits per heavy atom. The number of nitrogens with one attached hydrogen (secondary N) is 2. The van der Waals surface area contributed by atoms with Crippen molar-refractivity contribution in [2.45, 2.75) is 11.3 Å². The Labute approximate surface area is 127 Å². The molecule has 0 aromatic carbocycles. The number of hydrogen-bond donors (Lipinski definition) is 2. The SMILES string of the molecule is Cl.O=S(=O)(NCC1CCNC1)c1cc(Cl)sc1Cl. The van der Waals surface area contributed by atoms with Crippen molar-refractivity contribution in [3.8, 4) is 0 Å². The van der Waals surface area contributed by atoms with Crippen LogP contribution in [0.2, 0.25) is 8.67 Å². The van der Waals surface area contributed by atoms with E-state index >= 15 is 0 Å². The molecule has 1 aliphatic rings. The quantitative estimate of drug-likeness (QED) is 0.875. The van der Waals surface area contributed by atoms with Crippen molar-refractivity contribution in [1.29, 1.82) is 0 Å². The molecule has 0 amide bonds. The van der Waals surface area contributed by atoms with E-state index in [9.17, 15) is 8.42 Å². The predicted octanol–water partition coefficient (Wildman–Crippen LogP) is 2.36. The Morgan fingerprint density at radius 1 is 1.50 bits per heavy atom. The van der Waals surface area contributed by atoms with Gasteiger partial charge < -0.3 is 5.32 Å². The molecule has 0 spiro atoms. The maximum atomic E-state index is 12.0. The fourth-order valence-corrected chi connectivity index (χ4v) is 4.97. The summed E-state index contributed by atoms with van der Waals surface area (Å²) >= 11 is 12.6. The molecule has 0 aliphatic carbocycles. The summed E-state index contributed by atoms with van der Waals surface area (Å²) < 4.78 is 27.1. The van der Waals surface area contributed by atoms with E-state index in [0.29, 0.717) is 16.8 Å². The molecule has 0 radical (unpaired) electrons. The standard InChI is InChI=1S/C9H12Cl2N2O2S2.ClH/c10-8-3-7(9(11)16-8)17(14,15)13-5-6-1-2-12-4-6;/h3,6,12-13H,1-2,4-5H2;1H. The van der Waals surface area contributed by atoms with Crippen LogP contribution in [0.5, 0.6) is 0 Å². The molecular weight excluding hydrogens is 339 g/mol. The van der Waals surface area contributed by atoms with Crippen LogP contribution >= 0.6 is 46.9 Å². The van der Waals surface area contributed by atoms with Crippen LogP contribution in [0.1, 0.15) is 6.42 Å². The first-order valence-electron chi connectivity index (χ1n) is 5.14. The van der Waals surface area contributed by atoms with Gasteiger partial charge in [-0.2, -0.15) is 0 Å². The Kier molecular flexibility index (Phi) is 6.18. The van der Waals surface area contributed by atoms with Crippen LogP contribution in [-0.2, 0) is 10.0 Å². The summed E-state index contributed by atoms with van der Waals surface area (Å²) in [6, 6.07) is 1.38. The van der Waals surface area contributed by atoms with Crippen molar-refractivity contribution in [2.24, 2.45) is 5.92 Å². The van der Waals surface area contributed by atoms with Crippen molar-refractivity contribution in [1.82, 2.24) is 10.0 Å². The second kappa shape index (κ2) is 6.74. The molecule has 4 nitrogen and oxygen atoms in total. The largest absolute Gasteiger partial charge is 0.316 e. The molecule has 1 aromatic rings. The molecule has 1 fully saturated rings. The van der Waals surface area contributed by atoms with Gasteiger partial charge in [0.2, 0.25) is 10.0 Å². The van der Waals surface area contributed by atoms with E-state index in [1.54, 1.807) is 0 Å². The summed E-state index contributed by atoms with van der Waals surface area (Å²) in [5.74, 6) is 0.345. The van der Waals surface area contributed by atoms with E-state index < -0.39 is 10.0 Å². The fraction of sp³-hybridized carbons (Fsp3) is 0.556. The molecule has 1 aromatic heterocycles. The molecule has 2 heterocycles. The van der Waals surface area contributed by atoms with Gasteiger partial charge in [0.15, 0.2) is 0 Å². The van der Waals surface area contributed by atoms with Crippen LogP contribution in [0.15, 0.2) is 11.0 Å². The highest BCUT2D eigenvalue weighted by Crippen LogP contribution is 2.34. The average molecular weight is 352 g/mol. The zero-order valence-electron chi connectivity index (χ0n) is 9.28. The number of halogens is 3. The van der Waals surface area contributed by atoms with E-state index in [4.69, 9.17) is 23.2 Å². The van der Waals surface area contributed by atoms with Gasteiger partial charge in [0.25, 0.3) is 0 Å². The third kappa shape index (κ3) is 3.96. The van der Waals surface area contributed by atoms with Crippen molar-refractivity contribution in [2.75, 3.05) is 19.6 Å². The minimum absolute atomic E-state index is 0. The lowest BCUT2D eigenvalue weighted by Gasteiger charge is -2.09. The van der Waals surface area contributed by atoms with Gasteiger partial charge in [-0.3, -0.25) is 0 Å². The third-order valence-corrected chi connectivity index (χ3v) is 5.82. The zero-order valence-corrected chi connectivity index (χ0v) is 13.2. The van der Waals surface area contributed by atoms with Crippen molar-refractivity contribution in [3.05, 3.63) is 14.7 Å². The van der Waals surface area contributed by atoms with Gasteiger partial charge in [0.1, 0.15) is 9.23 Å². The van der Waals surface area contributed by atoms with Gasteiger partial charge in [-0.1, -0.05) is 23.2 Å². The summed E-state index contributed by atoms with van der Waals surface area (Å²) in [6.45, 7) is 2.22. The molecule has 2 rings (SSSR count). The Bertz CT molecular complexity index is 498. The lowest BCUT2D eigenvalue weighted by molar-refractivity contribution is 0.539. The summed E-state index contributed by atoms with van der Waals surface area (Å²) in [7, 11) is -3.54. The smallest absolute Gasteiger partial charge is 0.242 e. The van der Waals surface area contributed by atoms with Gasteiger partial charge in [0.05, 0.1) is 4.34 Å². The number of rotatable bonds is 4. The third-order valence-electron chi connectivity index (χ3n) is 2.64. The normalized spacial score (nSPS) is 19.8. The van der Waals surface area contributed by atoms with Gasteiger partial charge in [0, 0.05) is 6.54 Å². The van der Waals surface area contributed by atoms with E-state index in [-0.39, 0.29) is 21.6 Å². The van der Waals surface area contributed by atoms with Gasteiger partial charge in [-0.05, 0) is 31.5 Å². The summed E-state index contributed by atoms with van der Waals surface area (Å²) in [4.78, 5) is 0.0696. The number of hydrogen-bond acceptors (Lipinski definition) is 4. The van der Waals surface area contributed by atoms with E-state index in [1.165, 1.54) is 6.07 Å². The summed E-state index contributed by atoms with van der Waals surface area (Å²) in [5.41, 5.74) is 0. The Hall–Kier alpha value is 0.440. The molecule has 1 aliphatic heterocycles. The van der Waals surface area contributed by atoms with Crippen LogP contribution < -0.4 is 10.0 Å². The highest BCUT2D eigenvalue weighted by molar-refractivity contribution is 7.89. The van der Waals surface area contributed by atoms with Crippen LogP contribution in [-0.4, -0.2) is 28.1 Å². The summed E-state index contributed by atoms with van der Waals surface area (Å²) in [5, 5.41) is 3.18. The van der Waals surface area contributed by atoms with Gasteiger partial charge in [-0.15, -0.1) is 23.7 Å². The second-order valence-electron chi connectivity index (χ2n) is 3.90. The van der Waals surface area contributed by atoms with Crippen LogP contribution in [0.3, 0.4) is 0 Å². The highest BCUT2D eigenvalue weighted by Gasteiger charge is 2.23. The average Bonchev–Trinajstić information content (AvgIpc) is 2.85. The lowest BCUT2D eigenvalue weighted by atomic mass is 10.1. The highest BCUT2D eigenvalue weighted by atomic mass is 35.5. The molecular formula is C9H13Cl3N2O2S2. The second-order valence-corrected chi connectivity index (χ2v) is 7.92. The van der Waals surface area contributed by atoms with Gasteiger partial charge >= 0.3 is 0 Å². The van der Waals surface area contributed by atoms with Gasteiger partial charge in [-0.25, -0.2) is 13.1 Å². The molecule has 104 valence electrons. The fourth-order valence-electron chi connectivity index (χ4n) is 1.70. The maximum Gasteiger partial charge on any atom is 0.242 e. The minimum Gasteiger partial charge on any atom is -0.316 e. The molecule has 2 N–H and O–H groups in total. The molecule has 1 atom stereocenters. The van der Waals surface area contributed by atoms with Crippen LogP contribution in [0.4, 0.5) is 0 Å². The first kappa shape index (κ1) is 16.5. The molecule has 0 bridgehead atoms. The van der Waals surface area contributed by atoms with E-state index in [0.717, 1.165) is 30.8 Å². The van der Waals surface area contributed by atoms with Crippen LogP contribution in [0, 0.1) is 5.92 Å². The Morgan fingerprint density at radius 2 is 2.22 bits per heavy atom. The maximum absolute atomic E-state index is 12.0. The summed E-state index contributed by atoms with van der Waals surface area (Å²) in [6.07, 6.45) is 0.987. The van der Waals surface area contributed by atoms with Crippen LogP contribution in [0.25, 0.3) is 0 Å². The molecule has 1 saturated heterocycles. The topological polar surface area (TPSA) is 58.2 Å².